The first kappa shape index (κ1) is 11.8. The molecule has 1 nitrogen and oxygen atoms in total. The van der Waals surface area contributed by atoms with Crippen LogP contribution in [-0.4, -0.2) is 17.3 Å². The highest BCUT2D eigenvalue weighted by Crippen LogP contribution is 2.11. The Hall–Kier alpha value is -0.280. The molecule has 76 valence electrons. The van der Waals surface area contributed by atoms with Gasteiger partial charge in [0.2, 0.25) is 0 Å². The van der Waals surface area contributed by atoms with Crippen molar-refractivity contribution in [3.8, 4) is 0 Å². The molecule has 0 saturated carbocycles. The van der Waals surface area contributed by atoms with Crippen molar-refractivity contribution in [3.63, 3.8) is 0 Å². The SMILES string of the molecule is CCSCC(=O)Cc1ccc(Br)cc1. The Kier molecular flexibility index (Phi) is 5.26. The van der Waals surface area contributed by atoms with E-state index in [1.165, 1.54) is 0 Å². The number of halogens is 1. The Bertz CT molecular complexity index is 295. The summed E-state index contributed by atoms with van der Waals surface area (Å²) in [6, 6.07) is 7.91. The van der Waals surface area contributed by atoms with E-state index in [4.69, 9.17) is 0 Å². The molecule has 0 aromatic heterocycles. The van der Waals surface area contributed by atoms with Crippen LogP contribution in [-0.2, 0) is 11.2 Å². The van der Waals surface area contributed by atoms with Crippen molar-refractivity contribution < 1.29 is 4.79 Å². The molecule has 14 heavy (non-hydrogen) atoms. The van der Waals surface area contributed by atoms with Crippen molar-refractivity contribution in [1.82, 2.24) is 0 Å². The molecule has 3 heteroatoms. The molecule has 1 rings (SSSR count). The van der Waals surface area contributed by atoms with E-state index in [1.54, 1.807) is 11.8 Å². The fourth-order valence-corrected chi connectivity index (χ4v) is 1.90. The summed E-state index contributed by atoms with van der Waals surface area (Å²) in [7, 11) is 0. The average molecular weight is 273 g/mol. The van der Waals surface area contributed by atoms with Crippen molar-refractivity contribution in [1.29, 1.82) is 0 Å². The van der Waals surface area contributed by atoms with Gasteiger partial charge in [0.1, 0.15) is 5.78 Å². The van der Waals surface area contributed by atoms with Gasteiger partial charge in [0.15, 0.2) is 0 Å². The van der Waals surface area contributed by atoms with E-state index in [9.17, 15) is 4.79 Å². The molecule has 0 aliphatic heterocycles. The lowest BCUT2D eigenvalue weighted by molar-refractivity contribution is -0.116. The van der Waals surface area contributed by atoms with E-state index in [0.29, 0.717) is 18.0 Å². The van der Waals surface area contributed by atoms with Crippen LogP contribution in [0.2, 0.25) is 0 Å². The summed E-state index contributed by atoms with van der Waals surface area (Å²) >= 11 is 5.04. The molecule has 0 heterocycles. The highest BCUT2D eigenvalue weighted by molar-refractivity contribution is 9.10. The minimum atomic E-state index is 0.305. The van der Waals surface area contributed by atoms with Crippen LogP contribution in [0, 0.1) is 0 Å². The molecule has 1 aromatic rings. The molecule has 0 amide bonds. The zero-order valence-electron chi connectivity index (χ0n) is 8.13. The van der Waals surface area contributed by atoms with Crippen LogP contribution in [0.5, 0.6) is 0 Å². The molecule has 0 radical (unpaired) electrons. The second-order valence-electron chi connectivity index (χ2n) is 2.98. The number of thioether (sulfide) groups is 1. The van der Waals surface area contributed by atoms with E-state index in [0.717, 1.165) is 15.8 Å². The number of hydrogen-bond donors (Lipinski definition) is 0. The van der Waals surface area contributed by atoms with Gasteiger partial charge >= 0.3 is 0 Å². The fourth-order valence-electron chi connectivity index (χ4n) is 1.10. The molecule has 0 bridgehead atoms. The monoisotopic (exact) mass is 272 g/mol. The van der Waals surface area contributed by atoms with Crippen LogP contribution in [0.4, 0.5) is 0 Å². The van der Waals surface area contributed by atoms with Gasteiger partial charge in [-0.2, -0.15) is 11.8 Å². The van der Waals surface area contributed by atoms with Crippen LogP contribution < -0.4 is 0 Å². The van der Waals surface area contributed by atoms with Gasteiger partial charge in [-0.1, -0.05) is 35.0 Å². The number of carbonyl (C=O) groups is 1. The summed E-state index contributed by atoms with van der Waals surface area (Å²) in [5, 5.41) is 0. The first-order chi connectivity index (χ1) is 6.72. The molecule has 0 fully saturated rings. The second-order valence-corrected chi connectivity index (χ2v) is 5.17. The molecule has 0 saturated heterocycles. The summed E-state index contributed by atoms with van der Waals surface area (Å²) in [5.41, 5.74) is 1.09. The van der Waals surface area contributed by atoms with Gasteiger partial charge in [-0.25, -0.2) is 0 Å². The van der Waals surface area contributed by atoms with E-state index in [-0.39, 0.29) is 0 Å². The Morgan fingerprint density at radius 1 is 1.36 bits per heavy atom. The maximum atomic E-state index is 11.4. The summed E-state index contributed by atoms with van der Waals surface area (Å²) in [5.74, 6) is 1.94. The highest BCUT2D eigenvalue weighted by atomic mass is 79.9. The zero-order valence-corrected chi connectivity index (χ0v) is 10.5. The Balaban J connectivity index is 2.44. The predicted molar refractivity (Wildman–Crippen MR) is 65.9 cm³/mol. The third-order valence-electron chi connectivity index (χ3n) is 1.78. The lowest BCUT2D eigenvalue weighted by Gasteiger charge is -2.00. The standard InChI is InChI=1S/C11H13BrOS/c1-2-14-8-11(13)7-9-3-5-10(12)6-4-9/h3-6H,2,7-8H2,1H3. The number of rotatable bonds is 5. The summed E-state index contributed by atoms with van der Waals surface area (Å²) in [6.07, 6.45) is 0.556. The maximum Gasteiger partial charge on any atom is 0.147 e. The largest absolute Gasteiger partial charge is 0.298 e. The molecular weight excluding hydrogens is 260 g/mol. The van der Waals surface area contributed by atoms with Crippen LogP contribution in [0.1, 0.15) is 12.5 Å². The van der Waals surface area contributed by atoms with Crippen LogP contribution in [0.3, 0.4) is 0 Å². The minimum absolute atomic E-state index is 0.305. The molecule has 0 unspecified atom stereocenters. The van der Waals surface area contributed by atoms with Crippen molar-refractivity contribution >= 4 is 33.5 Å². The van der Waals surface area contributed by atoms with Crippen LogP contribution in [0.15, 0.2) is 28.7 Å². The minimum Gasteiger partial charge on any atom is -0.298 e. The van der Waals surface area contributed by atoms with Crippen LogP contribution in [0.25, 0.3) is 0 Å². The van der Waals surface area contributed by atoms with Gasteiger partial charge < -0.3 is 0 Å². The third kappa shape index (κ3) is 4.29. The molecule has 0 aliphatic carbocycles. The van der Waals surface area contributed by atoms with Gasteiger partial charge in [-0.15, -0.1) is 0 Å². The quantitative estimate of drug-likeness (QED) is 0.818. The van der Waals surface area contributed by atoms with Crippen LogP contribution >= 0.6 is 27.7 Å². The molecule has 0 atom stereocenters. The molecule has 0 spiro atoms. The fraction of sp³-hybridized carbons (Fsp3) is 0.364. The maximum absolute atomic E-state index is 11.4. The first-order valence-electron chi connectivity index (χ1n) is 4.56. The molecular formula is C11H13BrOS. The molecule has 0 aliphatic rings. The summed E-state index contributed by atoms with van der Waals surface area (Å²) < 4.78 is 1.05. The van der Waals surface area contributed by atoms with Gasteiger partial charge in [0.05, 0.1) is 5.75 Å². The van der Waals surface area contributed by atoms with Gasteiger partial charge in [0.25, 0.3) is 0 Å². The Labute approximate surface area is 97.4 Å². The predicted octanol–water partition coefficient (Wildman–Crippen LogP) is 3.31. The number of benzene rings is 1. The number of hydrogen-bond acceptors (Lipinski definition) is 2. The zero-order chi connectivity index (χ0) is 10.4. The van der Waals surface area contributed by atoms with Crippen molar-refractivity contribution in [2.24, 2.45) is 0 Å². The number of Topliss-reactive ketones (excluding diaryl/α,β-unsaturated/α-hetero) is 1. The lowest BCUT2D eigenvalue weighted by Crippen LogP contribution is -2.05. The van der Waals surface area contributed by atoms with Gasteiger partial charge in [0, 0.05) is 10.9 Å². The average Bonchev–Trinajstić information content (AvgIpc) is 2.18. The van der Waals surface area contributed by atoms with E-state index in [2.05, 4.69) is 22.9 Å². The Morgan fingerprint density at radius 2 is 2.00 bits per heavy atom. The molecule has 1 aromatic carbocycles. The van der Waals surface area contributed by atoms with Crippen molar-refractivity contribution in [2.75, 3.05) is 11.5 Å². The van der Waals surface area contributed by atoms with E-state index >= 15 is 0 Å². The van der Waals surface area contributed by atoms with Crippen molar-refractivity contribution in [3.05, 3.63) is 34.3 Å². The smallest absolute Gasteiger partial charge is 0.147 e. The highest BCUT2D eigenvalue weighted by Gasteiger charge is 2.02. The van der Waals surface area contributed by atoms with E-state index < -0.39 is 0 Å². The normalized spacial score (nSPS) is 10.1. The first-order valence-corrected chi connectivity index (χ1v) is 6.51. The second kappa shape index (κ2) is 6.25. The Morgan fingerprint density at radius 3 is 2.57 bits per heavy atom. The molecule has 0 N–H and O–H groups in total. The lowest BCUT2D eigenvalue weighted by atomic mass is 10.1. The van der Waals surface area contributed by atoms with Gasteiger partial charge in [-0.05, 0) is 23.4 Å². The summed E-state index contributed by atoms with van der Waals surface area (Å²) in [6.45, 7) is 2.07. The third-order valence-corrected chi connectivity index (χ3v) is 3.24. The number of carbonyl (C=O) groups excluding carboxylic acids is 1. The topological polar surface area (TPSA) is 17.1 Å². The van der Waals surface area contributed by atoms with E-state index in [1.807, 2.05) is 24.3 Å². The number of ketones is 1. The summed E-state index contributed by atoms with van der Waals surface area (Å²) in [4.78, 5) is 11.4. The van der Waals surface area contributed by atoms with Crippen molar-refractivity contribution in [2.45, 2.75) is 13.3 Å². The van der Waals surface area contributed by atoms with Gasteiger partial charge in [-0.3, -0.25) is 4.79 Å².